The Morgan fingerprint density at radius 3 is 2.56 bits per heavy atom. The number of ether oxygens (including phenoxy) is 1. The van der Waals surface area contributed by atoms with Crippen LogP contribution < -0.4 is 4.74 Å². The van der Waals surface area contributed by atoms with Gasteiger partial charge in [0.1, 0.15) is 0 Å². The molecule has 1 aromatic heterocycles. The lowest BCUT2D eigenvalue weighted by atomic mass is 10.2. The summed E-state index contributed by atoms with van der Waals surface area (Å²) in [7, 11) is 1.55. The van der Waals surface area contributed by atoms with Crippen molar-refractivity contribution in [1.29, 1.82) is 0 Å². The topological polar surface area (TPSA) is 47.9 Å². The predicted octanol–water partition coefficient (Wildman–Crippen LogP) is 2.97. The predicted molar refractivity (Wildman–Crippen MR) is 71.1 cm³/mol. The van der Waals surface area contributed by atoms with Crippen LogP contribution in [-0.2, 0) is 0 Å². The van der Waals surface area contributed by atoms with Crippen molar-refractivity contribution < 1.29 is 4.74 Å². The molecule has 18 heavy (non-hydrogen) atoms. The molecule has 0 aliphatic heterocycles. The van der Waals surface area contributed by atoms with Crippen LogP contribution in [0.1, 0.15) is 19.2 Å². The van der Waals surface area contributed by atoms with E-state index in [-0.39, 0.29) is 0 Å². The minimum Gasteiger partial charge on any atom is -0.467 e. The smallest absolute Gasteiger partial charge is 0.320 e. The molecular weight excluding hydrogens is 226 g/mol. The van der Waals surface area contributed by atoms with Gasteiger partial charge in [0.05, 0.1) is 7.11 Å². The van der Waals surface area contributed by atoms with Crippen molar-refractivity contribution in [3.63, 3.8) is 0 Å². The van der Waals surface area contributed by atoms with Crippen LogP contribution in [0.3, 0.4) is 0 Å². The van der Waals surface area contributed by atoms with Crippen LogP contribution in [0.4, 0.5) is 0 Å². The zero-order chi connectivity index (χ0) is 12.8. The fraction of sp³-hybridized carbons (Fsp3) is 0.214. The van der Waals surface area contributed by atoms with E-state index in [1.807, 2.05) is 42.5 Å². The molecule has 0 spiro atoms. The average molecular weight is 241 g/mol. The summed E-state index contributed by atoms with van der Waals surface area (Å²) in [6.07, 6.45) is 4.81. The summed E-state index contributed by atoms with van der Waals surface area (Å²) in [5.41, 5.74) is 0.948. The number of hydrogen-bond donors (Lipinski definition) is 0. The van der Waals surface area contributed by atoms with Crippen LogP contribution in [0.5, 0.6) is 6.01 Å². The number of methoxy groups -OCH3 is 1. The van der Waals surface area contributed by atoms with Crippen LogP contribution in [-0.4, -0.2) is 22.1 Å². The molecule has 0 aliphatic carbocycles. The number of rotatable bonds is 4. The Kier molecular flexibility index (Phi) is 4.02. The Labute approximate surface area is 106 Å². The van der Waals surface area contributed by atoms with Crippen LogP contribution in [0, 0.1) is 0 Å². The fourth-order valence-electron chi connectivity index (χ4n) is 1.48. The molecule has 2 rings (SSSR count). The zero-order valence-corrected chi connectivity index (χ0v) is 10.5. The molecule has 0 radical (unpaired) electrons. The Bertz CT molecular complexity index is 538. The second kappa shape index (κ2) is 5.91. The first-order valence-corrected chi connectivity index (χ1v) is 5.85. The molecule has 4 heteroatoms. The highest BCUT2D eigenvalue weighted by Gasteiger charge is 2.06. The molecule has 92 valence electrons. The third-order valence-electron chi connectivity index (χ3n) is 2.35. The van der Waals surface area contributed by atoms with Gasteiger partial charge < -0.3 is 4.74 Å². The Morgan fingerprint density at radius 1 is 1.11 bits per heavy atom. The highest BCUT2D eigenvalue weighted by molar-refractivity contribution is 5.56. The van der Waals surface area contributed by atoms with Gasteiger partial charge in [0.15, 0.2) is 11.6 Å². The average Bonchev–Trinajstić information content (AvgIpc) is 2.45. The summed E-state index contributed by atoms with van der Waals surface area (Å²) in [6.45, 7) is 2.06. The molecule has 1 heterocycles. The Morgan fingerprint density at radius 2 is 1.89 bits per heavy atom. The first kappa shape index (κ1) is 12.2. The lowest BCUT2D eigenvalue weighted by Gasteiger charge is -2.03. The number of allylic oxidation sites excluding steroid dienone is 1. The molecule has 0 N–H and O–H groups in total. The quantitative estimate of drug-likeness (QED) is 0.825. The summed E-state index contributed by atoms with van der Waals surface area (Å²) in [5.74, 6) is 1.24. The van der Waals surface area contributed by atoms with E-state index in [9.17, 15) is 0 Å². The number of aromatic nitrogens is 3. The lowest BCUT2D eigenvalue weighted by Crippen LogP contribution is -2.00. The second-order valence-electron chi connectivity index (χ2n) is 3.68. The van der Waals surface area contributed by atoms with Gasteiger partial charge in [0, 0.05) is 5.56 Å². The highest BCUT2D eigenvalue weighted by Crippen LogP contribution is 2.16. The monoisotopic (exact) mass is 241 g/mol. The highest BCUT2D eigenvalue weighted by atomic mass is 16.5. The maximum absolute atomic E-state index is 5.10. The van der Waals surface area contributed by atoms with Crippen LogP contribution >= 0.6 is 0 Å². The molecular formula is C14H15N3O. The van der Waals surface area contributed by atoms with Crippen LogP contribution in [0.25, 0.3) is 17.5 Å². The van der Waals surface area contributed by atoms with E-state index >= 15 is 0 Å². The first-order valence-electron chi connectivity index (χ1n) is 5.85. The third kappa shape index (κ3) is 2.91. The number of nitrogens with zero attached hydrogens (tertiary/aromatic N) is 3. The van der Waals surface area contributed by atoms with Crippen molar-refractivity contribution in [3.8, 4) is 17.4 Å². The van der Waals surface area contributed by atoms with Gasteiger partial charge in [-0.05, 0) is 12.5 Å². The van der Waals surface area contributed by atoms with Crippen molar-refractivity contribution in [2.24, 2.45) is 0 Å². The van der Waals surface area contributed by atoms with Crippen molar-refractivity contribution in [2.75, 3.05) is 7.11 Å². The van der Waals surface area contributed by atoms with Gasteiger partial charge >= 0.3 is 6.01 Å². The molecule has 1 aromatic carbocycles. The van der Waals surface area contributed by atoms with E-state index in [2.05, 4.69) is 21.9 Å². The van der Waals surface area contributed by atoms with E-state index < -0.39 is 0 Å². The molecule has 0 amide bonds. The van der Waals surface area contributed by atoms with Gasteiger partial charge in [-0.25, -0.2) is 4.98 Å². The molecule has 0 fully saturated rings. The first-order chi connectivity index (χ1) is 8.83. The van der Waals surface area contributed by atoms with Crippen molar-refractivity contribution in [3.05, 3.63) is 42.2 Å². The third-order valence-corrected chi connectivity index (χ3v) is 2.35. The Balaban J connectivity index is 2.44. The van der Waals surface area contributed by atoms with E-state index in [1.165, 1.54) is 0 Å². The van der Waals surface area contributed by atoms with Crippen LogP contribution in [0.15, 0.2) is 36.4 Å². The van der Waals surface area contributed by atoms with E-state index in [1.54, 1.807) is 7.11 Å². The minimum absolute atomic E-state index is 0.333. The van der Waals surface area contributed by atoms with Crippen molar-refractivity contribution in [2.45, 2.75) is 13.3 Å². The van der Waals surface area contributed by atoms with E-state index in [0.29, 0.717) is 17.7 Å². The second-order valence-corrected chi connectivity index (χ2v) is 3.68. The maximum atomic E-state index is 5.10. The molecule has 2 aromatic rings. The standard InChI is InChI=1S/C14H15N3O/c1-3-4-10-12-15-13(17-14(16-12)18-2)11-8-6-5-7-9-11/h4-10H,3H2,1-2H3/b10-4+. The van der Waals surface area contributed by atoms with Gasteiger partial charge in [-0.2, -0.15) is 9.97 Å². The Hall–Kier alpha value is -2.23. The molecule has 0 saturated carbocycles. The van der Waals surface area contributed by atoms with Gasteiger partial charge in [-0.3, -0.25) is 0 Å². The van der Waals surface area contributed by atoms with E-state index in [0.717, 1.165) is 12.0 Å². The van der Waals surface area contributed by atoms with Gasteiger partial charge in [-0.1, -0.05) is 43.3 Å². The number of hydrogen-bond acceptors (Lipinski definition) is 4. The maximum Gasteiger partial charge on any atom is 0.320 e. The van der Waals surface area contributed by atoms with E-state index in [4.69, 9.17) is 4.74 Å². The molecule has 4 nitrogen and oxygen atoms in total. The summed E-state index contributed by atoms with van der Waals surface area (Å²) < 4.78 is 5.10. The summed E-state index contributed by atoms with van der Waals surface area (Å²) >= 11 is 0. The van der Waals surface area contributed by atoms with Crippen molar-refractivity contribution >= 4 is 6.08 Å². The molecule has 0 aliphatic rings. The minimum atomic E-state index is 0.333. The fourth-order valence-corrected chi connectivity index (χ4v) is 1.48. The summed E-state index contributed by atoms with van der Waals surface area (Å²) in [6, 6.07) is 10.1. The molecule has 0 atom stereocenters. The molecule has 0 saturated heterocycles. The lowest BCUT2D eigenvalue weighted by molar-refractivity contribution is 0.378. The van der Waals surface area contributed by atoms with Gasteiger partial charge in [0.25, 0.3) is 0 Å². The summed E-state index contributed by atoms with van der Waals surface area (Å²) in [5, 5.41) is 0. The van der Waals surface area contributed by atoms with Crippen molar-refractivity contribution in [1.82, 2.24) is 15.0 Å². The largest absolute Gasteiger partial charge is 0.467 e. The molecule has 0 unspecified atom stereocenters. The SMILES string of the molecule is CC/C=C/c1nc(OC)nc(-c2ccccc2)n1. The van der Waals surface area contributed by atoms with Gasteiger partial charge in [-0.15, -0.1) is 0 Å². The van der Waals surface area contributed by atoms with Gasteiger partial charge in [0.2, 0.25) is 0 Å². The molecule has 0 bridgehead atoms. The van der Waals surface area contributed by atoms with Crippen LogP contribution in [0.2, 0.25) is 0 Å². The normalized spacial score (nSPS) is 10.8. The summed E-state index contributed by atoms with van der Waals surface area (Å²) in [4.78, 5) is 12.8. The zero-order valence-electron chi connectivity index (χ0n) is 10.5. The number of benzene rings is 1.